The number of hydrogen-bond acceptors (Lipinski definition) is 3. The minimum absolute atomic E-state index is 0.0779. The zero-order valence-electron chi connectivity index (χ0n) is 11.0. The molecule has 0 saturated carbocycles. The molecule has 2 aromatic heterocycles. The fourth-order valence-electron chi connectivity index (χ4n) is 2.42. The van der Waals surface area contributed by atoms with Crippen LogP contribution in [0.1, 0.15) is 17.3 Å². The van der Waals surface area contributed by atoms with Crippen molar-refractivity contribution in [2.24, 2.45) is 7.05 Å². The second-order valence-electron chi connectivity index (χ2n) is 4.60. The first-order chi connectivity index (χ1) is 9.29. The molecule has 0 radical (unpaired) electrons. The molecule has 1 atom stereocenters. The predicted octanol–water partition coefficient (Wildman–Crippen LogP) is 2.28. The second-order valence-corrected chi connectivity index (χ2v) is 4.60. The van der Waals surface area contributed by atoms with Crippen LogP contribution in [0.2, 0.25) is 0 Å². The molecule has 96 valence electrons. The Hall–Kier alpha value is -2.20. The Labute approximate surface area is 112 Å². The number of benzene rings is 1. The van der Waals surface area contributed by atoms with Gasteiger partial charge in [-0.3, -0.25) is 4.98 Å². The van der Waals surface area contributed by atoms with Crippen LogP contribution in [-0.4, -0.2) is 21.6 Å². The number of hydrogen-bond donors (Lipinski definition) is 1. The summed E-state index contributed by atoms with van der Waals surface area (Å²) in [5.74, 6) is 0. The number of pyridine rings is 1. The summed E-state index contributed by atoms with van der Waals surface area (Å²) in [6.45, 7) is 0. The van der Waals surface area contributed by atoms with E-state index >= 15 is 0 Å². The van der Waals surface area contributed by atoms with Crippen LogP contribution in [0.25, 0.3) is 10.9 Å². The van der Waals surface area contributed by atoms with E-state index in [1.54, 1.807) is 0 Å². The van der Waals surface area contributed by atoms with Gasteiger partial charge in [0.25, 0.3) is 0 Å². The molecule has 0 aliphatic carbocycles. The highest BCUT2D eigenvalue weighted by Gasteiger charge is 2.16. The third-order valence-corrected chi connectivity index (χ3v) is 3.30. The average molecular weight is 252 g/mol. The summed E-state index contributed by atoms with van der Waals surface area (Å²) in [6.07, 6.45) is 5.68. The Bertz CT molecular complexity index is 697. The van der Waals surface area contributed by atoms with Crippen LogP contribution in [0, 0.1) is 0 Å². The molecule has 0 bridgehead atoms. The molecule has 4 nitrogen and oxygen atoms in total. The van der Waals surface area contributed by atoms with E-state index in [4.69, 9.17) is 0 Å². The van der Waals surface area contributed by atoms with Crippen LogP contribution < -0.4 is 5.32 Å². The maximum absolute atomic E-state index is 4.45. The van der Waals surface area contributed by atoms with Gasteiger partial charge in [-0.15, -0.1) is 0 Å². The van der Waals surface area contributed by atoms with E-state index in [-0.39, 0.29) is 6.04 Å². The summed E-state index contributed by atoms with van der Waals surface area (Å²) >= 11 is 0. The first-order valence-electron chi connectivity index (χ1n) is 6.28. The zero-order valence-corrected chi connectivity index (χ0v) is 11.0. The molecule has 4 heteroatoms. The van der Waals surface area contributed by atoms with Gasteiger partial charge in [0, 0.05) is 24.8 Å². The van der Waals surface area contributed by atoms with E-state index in [2.05, 4.69) is 27.4 Å². The smallest absolute Gasteiger partial charge is 0.0947 e. The summed E-state index contributed by atoms with van der Waals surface area (Å²) in [7, 11) is 3.93. The van der Waals surface area contributed by atoms with Crippen molar-refractivity contribution in [3.05, 3.63) is 60.3 Å². The lowest BCUT2D eigenvalue weighted by molar-refractivity contribution is 0.678. The van der Waals surface area contributed by atoms with Crippen molar-refractivity contribution in [3.63, 3.8) is 0 Å². The summed E-state index contributed by atoms with van der Waals surface area (Å²) in [6, 6.07) is 10.3. The lowest BCUT2D eigenvalue weighted by atomic mass is 9.99. The quantitative estimate of drug-likeness (QED) is 0.777. The molecule has 1 aromatic carbocycles. The highest BCUT2D eigenvalue weighted by molar-refractivity contribution is 5.82. The van der Waals surface area contributed by atoms with Crippen molar-refractivity contribution < 1.29 is 0 Å². The SMILES string of the molecule is CNC(c1cn(C)cn1)c1cccc2ncccc12. The molecule has 0 spiro atoms. The van der Waals surface area contributed by atoms with Crippen molar-refractivity contribution in [2.75, 3.05) is 7.05 Å². The Morgan fingerprint density at radius 1 is 1.16 bits per heavy atom. The first kappa shape index (κ1) is 11.9. The molecular formula is C15H16N4. The summed E-state index contributed by atoms with van der Waals surface area (Å²) in [5, 5.41) is 4.50. The van der Waals surface area contributed by atoms with Crippen LogP contribution in [0.3, 0.4) is 0 Å². The number of aryl methyl sites for hydroxylation is 1. The maximum atomic E-state index is 4.45. The molecular weight excluding hydrogens is 236 g/mol. The van der Waals surface area contributed by atoms with Gasteiger partial charge in [-0.05, 0) is 24.7 Å². The van der Waals surface area contributed by atoms with Crippen molar-refractivity contribution >= 4 is 10.9 Å². The number of nitrogens with one attached hydrogen (secondary N) is 1. The van der Waals surface area contributed by atoms with Crippen LogP contribution in [-0.2, 0) is 7.05 Å². The highest BCUT2D eigenvalue weighted by Crippen LogP contribution is 2.26. The van der Waals surface area contributed by atoms with E-state index in [0.717, 1.165) is 16.6 Å². The first-order valence-corrected chi connectivity index (χ1v) is 6.28. The Balaban J connectivity index is 2.16. The van der Waals surface area contributed by atoms with Gasteiger partial charge in [-0.1, -0.05) is 18.2 Å². The topological polar surface area (TPSA) is 42.7 Å². The summed E-state index contributed by atoms with van der Waals surface area (Å²) in [5.41, 5.74) is 3.23. The molecule has 3 rings (SSSR count). The molecule has 2 heterocycles. The van der Waals surface area contributed by atoms with Crippen molar-refractivity contribution in [1.29, 1.82) is 0 Å². The van der Waals surface area contributed by atoms with Gasteiger partial charge < -0.3 is 9.88 Å². The molecule has 1 N–H and O–H groups in total. The van der Waals surface area contributed by atoms with E-state index in [9.17, 15) is 0 Å². The second kappa shape index (κ2) is 4.82. The van der Waals surface area contributed by atoms with Gasteiger partial charge in [0.15, 0.2) is 0 Å². The Morgan fingerprint density at radius 3 is 2.79 bits per heavy atom. The maximum Gasteiger partial charge on any atom is 0.0947 e. The molecule has 0 amide bonds. The molecule has 0 aliphatic rings. The summed E-state index contributed by atoms with van der Waals surface area (Å²) in [4.78, 5) is 8.85. The van der Waals surface area contributed by atoms with E-state index in [1.165, 1.54) is 5.56 Å². The lowest BCUT2D eigenvalue weighted by Gasteiger charge is -2.16. The standard InChI is InChI=1S/C15H16N4/c1-16-15(14-9-19(2)10-18-14)12-5-3-7-13-11(12)6-4-8-17-13/h3-10,15-16H,1-2H3. The minimum Gasteiger partial charge on any atom is -0.340 e. The number of fused-ring (bicyclic) bond motifs is 1. The predicted molar refractivity (Wildman–Crippen MR) is 75.9 cm³/mol. The zero-order chi connectivity index (χ0) is 13.2. The third-order valence-electron chi connectivity index (χ3n) is 3.30. The fraction of sp³-hybridized carbons (Fsp3) is 0.200. The monoisotopic (exact) mass is 252 g/mol. The number of aromatic nitrogens is 3. The van der Waals surface area contributed by atoms with Crippen molar-refractivity contribution in [1.82, 2.24) is 19.9 Å². The highest BCUT2D eigenvalue weighted by atomic mass is 15.0. The number of imidazole rings is 1. The molecule has 0 saturated heterocycles. The van der Waals surface area contributed by atoms with Gasteiger partial charge >= 0.3 is 0 Å². The van der Waals surface area contributed by atoms with E-state index in [1.807, 2.05) is 55.6 Å². The van der Waals surface area contributed by atoms with E-state index in [0.29, 0.717) is 0 Å². The van der Waals surface area contributed by atoms with Gasteiger partial charge in [0.1, 0.15) is 0 Å². The molecule has 19 heavy (non-hydrogen) atoms. The summed E-state index contributed by atoms with van der Waals surface area (Å²) < 4.78 is 1.96. The largest absolute Gasteiger partial charge is 0.340 e. The molecule has 1 unspecified atom stereocenters. The van der Waals surface area contributed by atoms with Crippen LogP contribution in [0.5, 0.6) is 0 Å². The van der Waals surface area contributed by atoms with E-state index < -0.39 is 0 Å². The van der Waals surface area contributed by atoms with Crippen LogP contribution in [0.15, 0.2) is 49.1 Å². The fourth-order valence-corrected chi connectivity index (χ4v) is 2.42. The molecule has 0 fully saturated rings. The van der Waals surface area contributed by atoms with Gasteiger partial charge in [-0.25, -0.2) is 4.98 Å². The number of rotatable bonds is 3. The normalized spacial score (nSPS) is 12.7. The third kappa shape index (κ3) is 2.11. The Kier molecular flexibility index (Phi) is 3.01. The van der Waals surface area contributed by atoms with Crippen LogP contribution >= 0.6 is 0 Å². The number of nitrogens with zero attached hydrogens (tertiary/aromatic N) is 3. The average Bonchev–Trinajstić information content (AvgIpc) is 2.86. The van der Waals surface area contributed by atoms with Crippen LogP contribution in [0.4, 0.5) is 0 Å². The molecule has 0 aliphatic heterocycles. The van der Waals surface area contributed by atoms with Gasteiger partial charge in [0.05, 0.1) is 23.6 Å². The molecule has 3 aromatic rings. The van der Waals surface area contributed by atoms with Gasteiger partial charge in [0.2, 0.25) is 0 Å². The Morgan fingerprint density at radius 2 is 2.05 bits per heavy atom. The van der Waals surface area contributed by atoms with Crippen molar-refractivity contribution in [3.8, 4) is 0 Å². The van der Waals surface area contributed by atoms with Gasteiger partial charge in [-0.2, -0.15) is 0 Å². The minimum atomic E-state index is 0.0779. The lowest BCUT2D eigenvalue weighted by Crippen LogP contribution is -2.18. The van der Waals surface area contributed by atoms with Crippen molar-refractivity contribution in [2.45, 2.75) is 6.04 Å².